The van der Waals surface area contributed by atoms with E-state index in [1.807, 2.05) is 6.07 Å². The van der Waals surface area contributed by atoms with Gasteiger partial charge in [0.1, 0.15) is 13.2 Å². The summed E-state index contributed by atoms with van der Waals surface area (Å²) in [7, 11) is 0. The summed E-state index contributed by atoms with van der Waals surface area (Å²) in [5, 5.41) is 12.0. The molecule has 2 N–H and O–H groups in total. The van der Waals surface area contributed by atoms with E-state index in [1.165, 1.54) is 5.56 Å². The van der Waals surface area contributed by atoms with Crippen molar-refractivity contribution < 1.29 is 19.4 Å². The smallest absolute Gasteiger partial charge is 0.222 e. The van der Waals surface area contributed by atoms with E-state index in [4.69, 9.17) is 14.6 Å². The van der Waals surface area contributed by atoms with Gasteiger partial charge in [0.05, 0.1) is 6.61 Å². The van der Waals surface area contributed by atoms with Gasteiger partial charge in [-0.1, -0.05) is 19.9 Å². The van der Waals surface area contributed by atoms with Crippen molar-refractivity contribution in [3.05, 3.63) is 23.8 Å². The Labute approximate surface area is 161 Å². The summed E-state index contributed by atoms with van der Waals surface area (Å²) in [6.45, 7) is 8.09. The summed E-state index contributed by atoms with van der Waals surface area (Å²) in [5.41, 5.74) is 1.19. The maximum absolute atomic E-state index is 11.9. The highest BCUT2D eigenvalue weighted by Crippen LogP contribution is 2.32. The first-order valence-electron chi connectivity index (χ1n) is 9.08. The normalized spacial score (nSPS) is 22.2. The second-order valence-electron chi connectivity index (χ2n) is 7.23. The molecule has 2 aliphatic rings. The van der Waals surface area contributed by atoms with E-state index in [2.05, 4.69) is 36.2 Å². The van der Waals surface area contributed by atoms with Crippen molar-refractivity contribution in [1.82, 2.24) is 10.2 Å². The Balaban J connectivity index is 0.00000243. The van der Waals surface area contributed by atoms with Crippen molar-refractivity contribution in [2.75, 3.05) is 32.9 Å². The molecule has 1 aromatic rings. The van der Waals surface area contributed by atoms with Gasteiger partial charge in [-0.2, -0.15) is 0 Å². The average Bonchev–Trinajstić information content (AvgIpc) is 2.97. The SMILES string of the molecule is CC(C)[C@H]1CN(Cc2ccc3c(c2)OCCO3)C[C@@H]1NC(=O)CCO.Cl. The maximum atomic E-state index is 11.9. The first-order chi connectivity index (χ1) is 12.1. The van der Waals surface area contributed by atoms with E-state index in [0.29, 0.717) is 25.0 Å². The zero-order valence-corrected chi connectivity index (χ0v) is 16.3. The van der Waals surface area contributed by atoms with E-state index in [0.717, 1.165) is 31.1 Å². The summed E-state index contributed by atoms with van der Waals surface area (Å²) < 4.78 is 11.2. The predicted molar refractivity (Wildman–Crippen MR) is 102 cm³/mol. The fourth-order valence-corrected chi connectivity index (χ4v) is 3.70. The molecule has 1 saturated heterocycles. The number of likely N-dealkylation sites (tertiary alicyclic amines) is 1. The summed E-state index contributed by atoms with van der Waals surface area (Å²) in [6, 6.07) is 6.24. The van der Waals surface area contributed by atoms with Crippen LogP contribution in [0, 0.1) is 11.8 Å². The molecule has 0 spiro atoms. The van der Waals surface area contributed by atoms with E-state index >= 15 is 0 Å². The molecule has 146 valence electrons. The lowest BCUT2D eigenvalue weighted by atomic mass is 9.91. The summed E-state index contributed by atoms with van der Waals surface area (Å²) in [5.74, 6) is 2.46. The minimum Gasteiger partial charge on any atom is -0.486 e. The van der Waals surface area contributed by atoms with E-state index < -0.39 is 0 Å². The van der Waals surface area contributed by atoms with Gasteiger partial charge in [0.25, 0.3) is 0 Å². The monoisotopic (exact) mass is 384 g/mol. The zero-order valence-electron chi connectivity index (χ0n) is 15.4. The minimum atomic E-state index is -0.105. The molecule has 6 nitrogen and oxygen atoms in total. The van der Waals surface area contributed by atoms with Crippen LogP contribution in [0.4, 0.5) is 0 Å². The van der Waals surface area contributed by atoms with Crippen LogP contribution in [0.25, 0.3) is 0 Å². The maximum Gasteiger partial charge on any atom is 0.222 e. The third kappa shape index (κ3) is 5.02. The fourth-order valence-electron chi connectivity index (χ4n) is 3.70. The van der Waals surface area contributed by atoms with Crippen molar-refractivity contribution in [2.45, 2.75) is 32.9 Å². The first-order valence-corrected chi connectivity index (χ1v) is 9.08. The van der Waals surface area contributed by atoms with Gasteiger partial charge in [-0.3, -0.25) is 9.69 Å². The van der Waals surface area contributed by atoms with Crippen LogP contribution in [-0.2, 0) is 11.3 Å². The van der Waals surface area contributed by atoms with Crippen molar-refractivity contribution in [2.24, 2.45) is 11.8 Å². The average molecular weight is 385 g/mol. The summed E-state index contributed by atoms with van der Waals surface area (Å²) >= 11 is 0. The van der Waals surface area contributed by atoms with Crippen LogP contribution in [0.5, 0.6) is 11.5 Å². The Bertz CT molecular complexity index is 611. The standard InChI is InChI=1S/C19H28N2O4.ClH/c1-13(2)15-11-21(12-16(15)20-19(23)5-6-22)10-14-3-4-17-18(9-14)25-8-7-24-17;/h3-4,9,13,15-16,22H,5-8,10-12H2,1-2H3,(H,20,23);1H/t15-,16+;/m1./s1. The lowest BCUT2D eigenvalue weighted by Crippen LogP contribution is -2.42. The van der Waals surface area contributed by atoms with Crippen molar-refractivity contribution in [1.29, 1.82) is 0 Å². The molecule has 0 unspecified atom stereocenters. The molecular formula is C19H29ClN2O4. The first kappa shape index (κ1) is 20.8. The molecule has 0 aliphatic carbocycles. The zero-order chi connectivity index (χ0) is 17.8. The van der Waals surface area contributed by atoms with Crippen LogP contribution in [0.3, 0.4) is 0 Å². The molecule has 2 atom stereocenters. The molecule has 0 saturated carbocycles. The van der Waals surface area contributed by atoms with Crippen molar-refractivity contribution in [3.8, 4) is 11.5 Å². The number of carbonyl (C=O) groups excluding carboxylic acids is 1. The van der Waals surface area contributed by atoms with Crippen molar-refractivity contribution >= 4 is 18.3 Å². The highest BCUT2D eigenvalue weighted by molar-refractivity contribution is 5.85. The quantitative estimate of drug-likeness (QED) is 0.783. The minimum absolute atomic E-state index is 0. The predicted octanol–water partition coefficient (Wildman–Crippen LogP) is 1.83. The van der Waals surface area contributed by atoms with Gasteiger partial charge in [0, 0.05) is 32.1 Å². The summed E-state index contributed by atoms with van der Waals surface area (Å²) in [6.07, 6.45) is 0.170. The Kier molecular flexibility index (Phi) is 7.55. The molecular weight excluding hydrogens is 356 g/mol. The number of nitrogens with one attached hydrogen (secondary N) is 1. The lowest BCUT2D eigenvalue weighted by Gasteiger charge is -2.22. The molecule has 26 heavy (non-hydrogen) atoms. The number of rotatable bonds is 6. The van der Waals surface area contributed by atoms with Crippen LogP contribution in [0.1, 0.15) is 25.8 Å². The van der Waals surface area contributed by atoms with Gasteiger partial charge in [-0.25, -0.2) is 0 Å². The molecule has 1 amide bonds. The van der Waals surface area contributed by atoms with Gasteiger partial charge < -0.3 is 19.9 Å². The third-order valence-electron chi connectivity index (χ3n) is 5.00. The number of hydrogen-bond acceptors (Lipinski definition) is 5. The van der Waals surface area contributed by atoms with E-state index in [-0.39, 0.29) is 37.4 Å². The molecule has 2 aliphatic heterocycles. The van der Waals surface area contributed by atoms with Gasteiger partial charge in [0.15, 0.2) is 11.5 Å². The number of fused-ring (bicyclic) bond motifs is 1. The lowest BCUT2D eigenvalue weighted by molar-refractivity contribution is -0.122. The van der Waals surface area contributed by atoms with Crippen LogP contribution in [0.2, 0.25) is 0 Å². The van der Waals surface area contributed by atoms with Gasteiger partial charge >= 0.3 is 0 Å². The number of aliphatic hydroxyl groups excluding tert-OH is 1. The van der Waals surface area contributed by atoms with E-state index in [9.17, 15) is 4.79 Å². The molecule has 1 aromatic carbocycles. The largest absolute Gasteiger partial charge is 0.486 e. The Morgan fingerprint density at radius 2 is 2.00 bits per heavy atom. The van der Waals surface area contributed by atoms with Crippen LogP contribution in [0.15, 0.2) is 18.2 Å². The highest BCUT2D eigenvalue weighted by atomic mass is 35.5. The number of hydrogen-bond donors (Lipinski definition) is 2. The van der Waals surface area contributed by atoms with Crippen LogP contribution >= 0.6 is 12.4 Å². The number of amides is 1. The van der Waals surface area contributed by atoms with Gasteiger partial charge in [-0.05, 0) is 29.5 Å². The van der Waals surface area contributed by atoms with Crippen LogP contribution < -0.4 is 14.8 Å². The topological polar surface area (TPSA) is 71.0 Å². The van der Waals surface area contributed by atoms with E-state index in [1.54, 1.807) is 0 Å². The van der Waals surface area contributed by atoms with Crippen molar-refractivity contribution in [3.63, 3.8) is 0 Å². The molecule has 7 heteroatoms. The van der Waals surface area contributed by atoms with Gasteiger partial charge in [-0.15, -0.1) is 12.4 Å². The number of benzene rings is 1. The Morgan fingerprint density at radius 3 is 2.69 bits per heavy atom. The number of carbonyl (C=O) groups is 1. The van der Waals surface area contributed by atoms with Crippen LogP contribution in [-0.4, -0.2) is 54.9 Å². The Hall–Kier alpha value is -1.50. The number of nitrogens with zero attached hydrogens (tertiary/aromatic N) is 1. The molecule has 1 fully saturated rings. The van der Waals surface area contributed by atoms with Gasteiger partial charge in [0.2, 0.25) is 5.91 Å². The molecule has 0 radical (unpaired) electrons. The number of aliphatic hydroxyl groups is 1. The fraction of sp³-hybridized carbons (Fsp3) is 0.632. The Morgan fingerprint density at radius 1 is 1.27 bits per heavy atom. The number of halogens is 1. The second-order valence-corrected chi connectivity index (χ2v) is 7.23. The molecule has 0 aromatic heterocycles. The third-order valence-corrected chi connectivity index (χ3v) is 5.00. The highest BCUT2D eigenvalue weighted by Gasteiger charge is 2.35. The number of ether oxygens (including phenoxy) is 2. The second kappa shape index (κ2) is 9.44. The summed E-state index contributed by atoms with van der Waals surface area (Å²) in [4.78, 5) is 14.2. The molecule has 2 heterocycles. The molecule has 3 rings (SSSR count). The molecule has 0 bridgehead atoms.